The van der Waals surface area contributed by atoms with Gasteiger partial charge in [0.1, 0.15) is 16.4 Å². The van der Waals surface area contributed by atoms with E-state index in [1.54, 1.807) is 19.1 Å². The van der Waals surface area contributed by atoms with Gasteiger partial charge in [-0.1, -0.05) is 6.07 Å². The molecular formula is C13H15N3O4S. The number of hydrogen-bond donors (Lipinski definition) is 3. The van der Waals surface area contributed by atoms with Gasteiger partial charge in [0, 0.05) is 17.5 Å². The second-order valence-corrected chi connectivity index (χ2v) is 6.28. The molecule has 112 valence electrons. The van der Waals surface area contributed by atoms with Crippen molar-refractivity contribution in [2.24, 2.45) is 0 Å². The lowest BCUT2D eigenvalue weighted by Gasteiger charge is -2.09. The Morgan fingerprint density at radius 3 is 2.52 bits per heavy atom. The van der Waals surface area contributed by atoms with Gasteiger partial charge in [0.05, 0.1) is 0 Å². The number of aromatic amines is 1. The number of pyridine rings is 1. The highest BCUT2D eigenvalue weighted by Gasteiger charge is 2.27. The second kappa shape index (κ2) is 5.21. The monoisotopic (exact) mass is 309 g/mol. The van der Waals surface area contributed by atoms with Crippen LogP contribution in [0.5, 0.6) is 0 Å². The summed E-state index contributed by atoms with van der Waals surface area (Å²) >= 11 is 0. The first kappa shape index (κ1) is 15.0. The fraction of sp³-hybridized carbons (Fsp3) is 0.231. The van der Waals surface area contributed by atoms with E-state index in [9.17, 15) is 13.2 Å². The molecule has 2 aromatic heterocycles. The zero-order valence-electron chi connectivity index (χ0n) is 11.8. The Kier molecular flexibility index (Phi) is 3.73. The number of aromatic carboxylic acids is 1. The summed E-state index contributed by atoms with van der Waals surface area (Å²) in [6.07, 6.45) is 1.48. The van der Waals surface area contributed by atoms with Gasteiger partial charge >= 0.3 is 5.97 Å². The average molecular weight is 309 g/mol. The molecular weight excluding hydrogens is 294 g/mol. The van der Waals surface area contributed by atoms with Gasteiger partial charge in [-0.3, -0.25) is 4.72 Å². The number of carbonyl (C=O) groups is 1. The first-order valence-electron chi connectivity index (χ1n) is 6.11. The molecule has 0 saturated carbocycles. The van der Waals surface area contributed by atoms with Crippen molar-refractivity contribution in [3.05, 3.63) is 40.8 Å². The predicted octanol–water partition coefficient (Wildman–Crippen LogP) is 1.83. The highest BCUT2D eigenvalue weighted by molar-refractivity contribution is 7.92. The number of H-pyrrole nitrogens is 1. The smallest absolute Gasteiger partial charge is 0.352 e. The molecule has 0 aromatic carbocycles. The van der Waals surface area contributed by atoms with Crippen molar-refractivity contribution in [3.63, 3.8) is 0 Å². The molecule has 0 aliphatic heterocycles. The maximum absolute atomic E-state index is 12.5. The van der Waals surface area contributed by atoms with Crippen LogP contribution in [0.1, 0.15) is 27.3 Å². The fourth-order valence-corrected chi connectivity index (χ4v) is 3.65. The molecule has 2 heterocycles. The lowest BCUT2D eigenvalue weighted by molar-refractivity contribution is 0.0690. The number of sulfonamides is 1. The molecule has 21 heavy (non-hydrogen) atoms. The molecule has 2 rings (SSSR count). The maximum Gasteiger partial charge on any atom is 0.352 e. The van der Waals surface area contributed by atoms with Crippen molar-refractivity contribution in [1.29, 1.82) is 0 Å². The van der Waals surface area contributed by atoms with Crippen LogP contribution in [-0.4, -0.2) is 29.5 Å². The van der Waals surface area contributed by atoms with E-state index in [4.69, 9.17) is 5.11 Å². The number of rotatable bonds is 4. The van der Waals surface area contributed by atoms with E-state index < -0.39 is 16.0 Å². The van der Waals surface area contributed by atoms with E-state index in [0.29, 0.717) is 5.56 Å². The molecule has 0 aliphatic carbocycles. The van der Waals surface area contributed by atoms with E-state index in [1.807, 2.05) is 0 Å². The van der Waals surface area contributed by atoms with Gasteiger partial charge in [0.2, 0.25) is 0 Å². The first-order chi connectivity index (χ1) is 9.74. The van der Waals surface area contributed by atoms with Crippen molar-refractivity contribution in [1.82, 2.24) is 9.97 Å². The van der Waals surface area contributed by atoms with Gasteiger partial charge in [-0.05, 0) is 32.4 Å². The number of anilines is 1. The molecule has 2 aromatic rings. The van der Waals surface area contributed by atoms with Gasteiger partial charge in [0.15, 0.2) is 0 Å². The van der Waals surface area contributed by atoms with E-state index in [0.717, 1.165) is 0 Å². The summed E-state index contributed by atoms with van der Waals surface area (Å²) in [6.45, 7) is 4.69. The molecule has 0 spiro atoms. The third kappa shape index (κ3) is 2.75. The molecule has 0 aliphatic rings. The zero-order valence-corrected chi connectivity index (χ0v) is 12.6. The van der Waals surface area contributed by atoms with Crippen molar-refractivity contribution in [2.45, 2.75) is 25.7 Å². The third-order valence-electron chi connectivity index (χ3n) is 3.09. The first-order valence-corrected chi connectivity index (χ1v) is 7.59. The third-order valence-corrected chi connectivity index (χ3v) is 4.70. The Morgan fingerprint density at radius 1 is 1.33 bits per heavy atom. The minimum Gasteiger partial charge on any atom is -0.477 e. The number of carboxylic acid groups (broad SMARTS) is 1. The molecule has 0 amide bonds. The molecule has 0 unspecified atom stereocenters. The number of nitrogens with zero attached hydrogens (tertiary/aromatic N) is 1. The van der Waals surface area contributed by atoms with Crippen LogP contribution in [0.25, 0.3) is 0 Å². The Labute approximate surface area is 122 Å². The maximum atomic E-state index is 12.5. The fourth-order valence-electron chi connectivity index (χ4n) is 2.12. The van der Waals surface area contributed by atoms with Gasteiger partial charge in [-0.15, -0.1) is 0 Å². The van der Waals surface area contributed by atoms with Crippen LogP contribution in [0.2, 0.25) is 0 Å². The number of hydrogen-bond acceptors (Lipinski definition) is 4. The van der Waals surface area contributed by atoms with E-state index in [2.05, 4.69) is 14.7 Å². The molecule has 0 radical (unpaired) electrons. The molecule has 0 saturated heterocycles. The molecule has 0 fully saturated rings. The Bertz CT molecular complexity index is 809. The summed E-state index contributed by atoms with van der Waals surface area (Å²) in [7, 11) is -3.92. The summed E-state index contributed by atoms with van der Waals surface area (Å²) in [5.74, 6) is -0.986. The molecule has 0 atom stereocenters. The number of nitrogens with one attached hydrogen (secondary N) is 2. The highest BCUT2D eigenvalue weighted by Crippen LogP contribution is 2.25. The van der Waals surface area contributed by atoms with Gasteiger partial charge < -0.3 is 10.1 Å². The van der Waals surface area contributed by atoms with E-state index in [1.165, 1.54) is 20.0 Å². The van der Waals surface area contributed by atoms with Crippen LogP contribution in [0.15, 0.2) is 23.2 Å². The van der Waals surface area contributed by atoms with Crippen molar-refractivity contribution in [2.75, 3.05) is 4.72 Å². The van der Waals surface area contributed by atoms with E-state index >= 15 is 0 Å². The van der Waals surface area contributed by atoms with Gasteiger partial charge in [-0.25, -0.2) is 18.2 Å². The van der Waals surface area contributed by atoms with Gasteiger partial charge in [-0.2, -0.15) is 0 Å². The Balaban J connectivity index is 2.51. The van der Waals surface area contributed by atoms with Crippen molar-refractivity contribution in [3.8, 4) is 0 Å². The number of aromatic nitrogens is 2. The molecule has 3 N–H and O–H groups in total. The van der Waals surface area contributed by atoms with E-state index in [-0.39, 0.29) is 27.7 Å². The normalized spacial score (nSPS) is 11.4. The van der Waals surface area contributed by atoms with Crippen LogP contribution >= 0.6 is 0 Å². The summed E-state index contributed by atoms with van der Waals surface area (Å²) in [5.41, 5.74) is 0.975. The predicted molar refractivity (Wildman–Crippen MR) is 77.0 cm³/mol. The van der Waals surface area contributed by atoms with Crippen LogP contribution < -0.4 is 4.72 Å². The van der Waals surface area contributed by atoms with Crippen LogP contribution in [0, 0.1) is 20.8 Å². The standard InChI is InChI=1S/C13H15N3O4S/c1-7-5-4-6-14-12(7)16-21(19,20)11-8(2)10(13(17)18)15-9(11)3/h4-6,15H,1-3H3,(H,14,16)(H,17,18). The summed E-state index contributed by atoms with van der Waals surface area (Å²) < 4.78 is 27.3. The average Bonchev–Trinajstić information content (AvgIpc) is 2.68. The SMILES string of the molecule is Cc1cccnc1NS(=O)(=O)c1c(C)[nH]c(C(=O)O)c1C. The zero-order chi connectivity index (χ0) is 15.8. The van der Waals surface area contributed by atoms with Gasteiger partial charge in [0.25, 0.3) is 10.0 Å². The largest absolute Gasteiger partial charge is 0.477 e. The van der Waals surface area contributed by atoms with Crippen LogP contribution in [0.3, 0.4) is 0 Å². The molecule has 7 nitrogen and oxygen atoms in total. The van der Waals surface area contributed by atoms with Crippen molar-refractivity contribution >= 4 is 21.8 Å². The minimum absolute atomic E-state index is 0.0649. The number of carboxylic acids is 1. The van der Waals surface area contributed by atoms with Crippen molar-refractivity contribution < 1.29 is 18.3 Å². The summed E-state index contributed by atoms with van der Waals surface area (Å²) in [4.78, 5) is 17.6. The Hall–Kier alpha value is -2.35. The second-order valence-electron chi connectivity index (χ2n) is 4.66. The highest BCUT2D eigenvalue weighted by atomic mass is 32.2. The van der Waals surface area contributed by atoms with Crippen LogP contribution in [-0.2, 0) is 10.0 Å². The molecule has 8 heteroatoms. The number of aryl methyl sites for hydroxylation is 2. The topological polar surface area (TPSA) is 112 Å². The molecule has 0 bridgehead atoms. The van der Waals surface area contributed by atoms with Crippen LogP contribution in [0.4, 0.5) is 5.82 Å². The lowest BCUT2D eigenvalue weighted by Crippen LogP contribution is -2.16. The quantitative estimate of drug-likeness (QED) is 0.797. The summed E-state index contributed by atoms with van der Waals surface area (Å²) in [5, 5.41) is 9.04. The summed E-state index contributed by atoms with van der Waals surface area (Å²) in [6, 6.07) is 3.42. The minimum atomic E-state index is -3.92. The lowest BCUT2D eigenvalue weighted by atomic mass is 10.2. The Morgan fingerprint density at radius 2 is 2.00 bits per heavy atom.